The Hall–Kier alpha value is -2.56. The third kappa shape index (κ3) is 2.10. The van der Waals surface area contributed by atoms with Gasteiger partial charge in [-0.15, -0.1) is 0 Å². The van der Waals surface area contributed by atoms with Crippen LogP contribution in [0.25, 0.3) is 10.8 Å². The van der Waals surface area contributed by atoms with E-state index in [0.717, 1.165) is 22.2 Å². The number of fused-ring (bicyclic) bond motifs is 1. The molecule has 0 radical (unpaired) electrons. The van der Waals surface area contributed by atoms with Gasteiger partial charge in [0, 0.05) is 24.8 Å². The molecule has 0 aliphatic carbocycles. The highest BCUT2D eigenvalue weighted by molar-refractivity contribution is 5.94. The van der Waals surface area contributed by atoms with E-state index in [0.29, 0.717) is 5.82 Å². The Labute approximate surface area is 110 Å². The fraction of sp³-hybridized carbons (Fsp3) is 0.143. The van der Waals surface area contributed by atoms with Gasteiger partial charge in [0.05, 0.1) is 11.4 Å². The Balaban J connectivity index is 2.10. The van der Waals surface area contributed by atoms with Crippen molar-refractivity contribution in [2.75, 3.05) is 5.32 Å². The summed E-state index contributed by atoms with van der Waals surface area (Å²) in [6, 6.07) is 7.15. The molecule has 0 amide bonds. The maximum absolute atomic E-state index is 9.61. The third-order valence-electron chi connectivity index (χ3n) is 3.02. The van der Waals surface area contributed by atoms with Gasteiger partial charge in [-0.1, -0.05) is 6.07 Å². The van der Waals surface area contributed by atoms with Crippen molar-refractivity contribution in [3.63, 3.8) is 0 Å². The summed E-state index contributed by atoms with van der Waals surface area (Å²) >= 11 is 0. The number of nitrogens with zero attached hydrogens (tertiary/aromatic N) is 3. The summed E-state index contributed by atoms with van der Waals surface area (Å²) in [5.41, 5.74) is 1.81. The van der Waals surface area contributed by atoms with Gasteiger partial charge in [0.15, 0.2) is 0 Å². The molecule has 0 fully saturated rings. The van der Waals surface area contributed by atoms with Crippen molar-refractivity contribution in [1.82, 2.24) is 14.8 Å². The number of anilines is 2. The first-order valence-corrected chi connectivity index (χ1v) is 5.98. The van der Waals surface area contributed by atoms with Gasteiger partial charge in [0.25, 0.3) is 0 Å². The molecule has 2 N–H and O–H groups in total. The van der Waals surface area contributed by atoms with Crippen LogP contribution in [0.3, 0.4) is 0 Å². The average molecular weight is 254 g/mol. The molecular weight excluding hydrogens is 240 g/mol. The molecule has 5 heteroatoms. The summed E-state index contributed by atoms with van der Waals surface area (Å²) in [5, 5.41) is 19.1. The number of pyridine rings is 1. The number of hydrogen-bond acceptors (Lipinski definition) is 4. The molecule has 0 saturated carbocycles. The maximum atomic E-state index is 9.61. The monoisotopic (exact) mass is 254 g/mol. The van der Waals surface area contributed by atoms with Gasteiger partial charge in [-0.2, -0.15) is 5.10 Å². The van der Waals surface area contributed by atoms with E-state index in [2.05, 4.69) is 15.4 Å². The summed E-state index contributed by atoms with van der Waals surface area (Å²) < 4.78 is 1.75. The smallest absolute Gasteiger partial charge is 0.138 e. The molecule has 96 valence electrons. The summed E-state index contributed by atoms with van der Waals surface area (Å²) in [6.07, 6.45) is 3.64. The van der Waals surface area contributed by atoms with Crippen LogP contribution < -0.4 is 5.32 Å². The third-order valence-corrected chi connectivity index (χ3v) is 3.02. The Kier molecular flexibility index (Phi) is 2.59. The summed E-state index contributed by atoms with van der Waals surface area (Å²) in [5.74, 6) is 0.941. The summed E-state index contributed by atoms with van der Waals surface area (Å²) in [6.45, 7) is 1.94. The molecule has 0 aliphatic rings. The van der Waals surface area contributed by atoms with Crippen molar-refractivity contribution in [2.45, 2.75) is 6.92 Å². The minimum absolute atomic E-state index is 0.228. The van der Waals surface area contributed by atoms with Crippen molar-refractivity contribution < 1.29 is 5.11 Å². The van der Waals surface area contributed by atoms with Gasteiger partial charge >= 0.3 is 0 Å². The molecule has 0 unspecified atom stereocenters. The molecule has 3 aromatic rings. The molecule has 0 spiro atoms. The molecule has 3 rings (SSSR count). The van der Waals surface area contributed by atoms with Gasteiger partial charge in [0.1, 0.15) is 11.6 Å². The molecule has 0 saturated heterocycles. The largest absolute Gasteiger partial charge is 0.508 e. The van der Waals surface area contributed by atoms with Crippen molar-refractivity contribution >= 4 is 22.3 Å². The number of hydrogen-bond donors (Lipinski definition) is 2. The van der Waals surface area contributed by atoms with Gasteiger partial charge in [-0.3, -0.25) is 4.68 Å². The Bertz CT molecular complexity index is 748. The Morgan fingerprint density at radius 1 is 1.26 bits per heavy atom. The number of benzene rings is 1. The molecule has 0 atom stereocenters. The second-order valence-corrected chi connectivity index (χ2v) is 4.49. The molecule has 0 bridgehead atoms. The zero-order chi connectivity index (χ0) is 13.4. The minimum Gasteiger partial charge on any atom is -0.508 e. The second kappa shape index (κ2) is 4.28. The standard InChI is InChI=1S/C14H14N4O/c1-9-13(8-18(2)17-9)16-14-12-7-11(19)4-3-10(12)5-6-15-14/h3-8,19H,1-2H3,(H,15,16). The quantitative estimate of drug-likeness (QED) is 0.738. The lowest BCUT2D eigenvalue weighted by atomic mass is 10.1. The lowest BCUT2D eigenvalue weighted by Gasteiger charge is -2.07. The lowest BCUT2D eigenvalue weighted by molar-refractivity contribution is 0.476. The van der Waals surface area contributed by atoms with Crippen molar-refractivity contribution in [3.8, 4) is 5.75 Å². The number of aromatic nitrogens is 3. The molecule has 0 aliphatic heterocycles. The van der Waals surface area contributed by atoms with Crippen LogP contribution in [0.4, 0.5) is 11.5 Å². The minimum atomic E-state index is 0.228. The first-order chi connectivity index (χ1) is 9.13. The van der Waals surface area contributed by atoms with E-state index in [1.807, 2.05) is 32.3 Å². The van der Waals surface area contributed by atoms with Crippen molar-refractivity contribution in [3.05, 3.63) is 42.4 Å². The average Bonchev–Trinajstić information content (AvgIpc) is 2.69. The fourth-order valence-electron chi connectivity index (χ4n) is 2.11. The van der Waals surface area contributed by atoms with Crippen LogP contribution in [0, 0.1) is 6.92 Å². The van der Waals surface area contributed by atoms with Gasteiger partial charge < -0.3 is 10.4 Å². The SMILES string of the molecule is Cc1nn(C)cc1Nc1nccc2ccc(O)cc12. The van der Waals surface area contributed by atoms with E-state index in [1.54, 1.807) is 23.0 Å². The Morgan fingerprint density at radius 2 is 2.11 bits per heavy atom. The number of rotatable bonds is 2. The predicted octanol–water partition coefficient (Wildman–Crippen LogP) is 2.73. The molecular formula is C14H14N4O. The topological polar surface area (TPSA) is 63.0 Å². The second-order valence-electron chi connectivity index (χ2n) is 4.49. The van der Waals surface area contributed by atoms with Gasteiger partial charge in [-0.05, 0) is 30.5 Å². The van der Waals surface area contributed by atoms with Crippen LogP contribution in [0.15, 0.2) is 36.7 Å². The van der Waals surface area contributed by atoms with Crippen LogP contribution in [0.2, 0.25) is 0 Å². The molecule has 1 aromatic carbocycles. The van der Waals surface area contributed by atoms with Crippen LogP contribution in [-0.2, 0) is 7.05 Å². The van der Waals surface area contributed by atoms with Crippen LogP contribution >= 0.6 is 0 Å². The number of aromatic hydroxyl groups is 1. The summed E-state index contributed by atoms with van der Waals surface area (Å²) in [4.78, 5) is 4.33. The molecule has 19 heavy (non-hydrogen) atoms. The zero-order valence-electron chi connectivity index (χ0n) is 10.8. The fourth-order valence-corrected chi connectivity index (χ4v) is 2.11. The van der Waals surface area contributed by atoms with E-state index in [4.69, 9.17) is 0 Å². The highest BCUT2D eigenvalue weighted by Gasteiger charge is 2.07. The van der Waals surface area contributed by atoms with Crippen LogP contribution in [-0.4, -0.2) is 19.9 Å². The first-order valence-electron chi connectivity index (χ1n) is 5.98. The van der Waals surface area contributed by atoms with Gasteiger partial charge in [0.2, 0.25) is 0 Å². The van der Waals surface area contributed by atoms with Gasteiger partial charge in [-0.25, -0.2) is 4.98 Å². The first kappa shape index (κ1) is 11.5. The Morgan fingerprint density at radius 3 is 2.84 bits per heavy atom. The van der Waals surface area contributed by atoms with E-state index in [-0.39, 0.29) is 5.75 Å². The zero-order valence-corrected chi connectivity index (χ0v) is 10.8. The lowest BCUT2D eigenvalue weighted by Crippen LogP contribution is -1.94. The molecule has 5 nitrogen and oxygen atoms in total. The number of aryl methyl sites for hydroxylation is 2. The van der Waals surface area contributed by atoms with E-state index < -0.39 is 0 Å². The maximum Gasteiger partial charge on any atom is 0.138 e. The summed E-state index contributed by atoms with van der Waals surface area (Å²) in [7, 11) is 1.88. The number of phenols is 1. The predicted molar refractivity (Wildman–Crippen MR) is 74.6 cm³/mol. The van der Waals surface area contributed by atoms with Crippen molar-refractivity contribution in [1.29, 1.82) is 0 Å². The van der Waals surface area contributed by atoms with Crippen LogP contribution in [0.1, 0.15) is 5.69 Å². The number of nitrogens with one attached hydrogen (secondary N) is 1. The number of phenolic OH excluding ortho intramolecular Hbond substituents is 1. The van der Waals surface area contributed by atoms with Crippen LogP contribution in [0.5, 0.6) is 5.75 Å². The molecule has 2 heterocycles. The van der Waals surface area contributed by atoms with Crippen molar-refractivity contribution in [2.24, 2.45) is 7.05 Å². The molecule has 2 aromatic heterocycles. The van der Waals surface area contributed by atoms with E-state index in [9.17, 15) is 5.11 Å². The van der Waals surface area contributed by atoms with E-state index >= 15 is 0 Å². The highest BCUT2D eigenvalue weighted by Crippen LogP contribution is 2.28. The van der Waals surface area contributed by atoms with E-state index in [1.165, 1.54) is 0 Å². The normalized spacial score (nSPS) is 10.8. The highest BCUT2D eigenvalue weighted by atomic mass is 16.3.